The van der Waals surface area contributed by atoms with Crippen LogP contribution in [0.2, 0.25) is 0 Å². The second-order valence-corrected chi connectivity index (χ2v) is 6.23. The Bertz CT molecular complexity index is 899. The van der Waals surface area contributed by atoms with E-state index < -0.39 is 11.9 Å². The van der Waals surface area contributed by atoms with Crippen LogP contribution in [0, 0.1) is 11.7 Å². The fourth-order valence-electron chi connectivity index (χ4n) is 2.41. The van der Waals surface area contributed by atoms with Gasteiger partial charge in [0.15, 0.2) is 6.61 Å². The molecule has 27 heavy (non-hydrogen) atoms. The van der Waals surface area contributed by atoms with E-state index in [1.165, 1.54) is 18.2 Å². The monoisotopic (exact) mass is 370 g/mol. The quantitative estimate of drug-likeness (QED) is 0.687. The third-order valence-corrected chi connectivity index (χ3v) is 3.80. The van der Waals surface area contributed by atoms with Crippen LogP contribution in [0.1, 0.15) is 25.8 Å². The summed E-state index contributed by atoms with van der Waals surface area (Å²) in [4.78, 5) is 20.6. The molecule has 7 nitrogen and oxygen atoms in total. The molecule has 0 saturated carbocycles. The number of halogens is 1. The van der Waals surface area contributed by atoms with E-state index in [0.717, 1.165) is 5.56 Å². The molecule has 2 heterocycles. The maximum atomic E-state index is 13.2. The molecule has 0 fully saturated rings. The van der Waals surface area contributed by atoms with Crippen LogP contribution in [0.15, 0.2) is 53.3 Å². The summed E-state index contributed by atoms with van der Waals surface area (Å²) in [7, 11) is 0. The van der Waals surface area contributed by atoms with Crippen LogP contribution in [0.3, 0.4) is 0 Å². The van der Waals surface area contributed by atoms with E-state index in [1.54, 1.807) is 30.6 Å². The molecule has 1 aromatic carbocycles. The van der Waals surface area contributed by atoms with Crippen molar-refractivity contribution in [3.05, 3.63) is 60.5 Å². The van der Waals surface area contributed by atoms with E-state index >= 15 is 0 Å². The van der Waals surface area contributed by atoms with E-state index in [2.05, 4.69) is 20.4 Å². The Morgan fingerprint density at radius 3 is 2.74 bits per heavy atom. The van der Waals surface area contributed by atoms with Gasteiger partial charge in [0.05, 0.1) is 0 Å². The Morgan fingerprint density at radius 1 is 1.26 bits per heavy atom. The van der Waals surface area contributed by atoms with Gasteiger partial charge in [0.25, 0.3) is 5.91 Å². The van der Waals surface area contributed by atoms with Crippen LogP contribution < -0.4 is 10.1 Å². The second-order valence-electron chi connectivity index (χ2n) is 6.23. The van der Waals surface area contributed by atoms with Gasteiger partial charge in [0, 0.05) is 24.0 Å². The number of benzene rings is 1. The number of rotatable bonds is 7. The van der Waals surface area contributed by atoms with E-state index in [4.69, 9.17) is 9.26 Å². The molecule has 3 aromatic rings. The number of hydrogen-bond acceptors (Lipinski definition) is 6. The highest BCUT2D eigenvalue weighted by atomic mass is 19.1. The van der Waals surface area contributed by atoms with Crippen LogP contribution in [0.25, 0.3) is 11.4 Å². The molecule has 0 saturated heterocycles. The number of nitrogens with zero attached hydrogens (tertiary/aromatic N) is 3. The molecule has 0 spiro atoms. The molecule has 140 valence electrons. The van der Waals surface area contributed by atoms with E-state index in [1.807, 2.05) is 13.8 Å². The number of pyridine rings is 1. The van der Waals surface area contributed by atoms with E-state index in [-0.39, 0.29) is 24.2 Å². The molecule has 0 bridgehead atoms. The largest absolute Gasteiger partial charge is 0.484 e. The predicted molar refractivity (Wildman–Crippen MR) is 95.1 cm³/mol. The molecule has 3 rings (SSSR count). The number of hydrogen-bond donors (Lipinski definition) is 1. The summed E-state index contributed by atoms with van der Waals surface area (Å²) in [6.07, 6.45) is 3.27. The van der Waals surface area contributed by atoms with Crippen LogP contribution in [0.5, 0.6) is 5.75 Å². The first-order valence-electron chi connectivity index (χ1n) is 8.44. The topological polar surface area (TPSA) is 90.1 Å². The Kier molecular flexibility index (Phi) is 5.75. The number of aromatic nitrogens is 3. The van der Waals surface area contributed by atoms with Crippen molar-refractivity contribution in [1.29, 1.82) is 0 Å². The maximum absolute atomic E-state index is 13.2. The van der Waals surface area contributed by atoms with Crippen molar-refractivity contribution in [2.24, 2.45) is 5.92 Å². The first kappa shape index (κ1) is 18.5. The van der Waals surface area contributed by atoms with Crippen LogP contribution >= 0.6 is 0 Å². The van der Waals surface area contributed by atoms with Crippen molar-refractivity contribution in [3.8, 4) is 17.1 Å². The number of nitrogens with one attached hydrogen (secondary N) is 1. The highest BCUT2D eigenvalue weighted by Crippen LogP contribution is 2.23. The van der Waals surface area contributed by atoms with E-state index in [9.17, 15) is 9.18 Å². The minimum absolute atomic E-state index is 0.00820. The molecule has 0 radical (unpaired) electrons. The van der Waals surface area contributed by atoms with Crippen LogP contribution in [-0.4, -0.2) is 27.6 Å². The van der Waals surface area contributed by atoms with E-state index in [0.29, 0.717) is 11.7 Å². The molecular weight excluding hydrogens is 351 g/mol. The van der Waals surface area contributed by atoms with Crippen molar-refractivity contribution in [2.45, 2.75) is 19.9 Å². The molecular formula is C19H19FN4O3. The summed E-state index contributed by atoms with van der Waals surface area (Å²) in [6, 6.07) is 8.67. The third-order valence-electron chi connectivity index (χ3n) is 3.80. The molecule has 8 heteroatoms. The van der Waals surface area contributed by atoms with Gasteiger partial charge in [0.2, 0.25) is 11.7 Å². The minimum atomic E-state index is -0.475. The van der Waals surface area contributed by atoms with Gasteiger partial charge in [-0.2, -0.15) is 4.98 Å². The van der Waals surface area contributed by atoms with Crippen LogP contribution in [-0.2, 0) is 4.79 Å². The first-order valence-corrected chi connectivity index (χ1v) is 8.44. The van der Waals surface area contributed by atoms with Crippen molar-refractivity contribution < 1.29 is 18.4 Å². The maximum Gasteiger partial charge on any atom is 0.258 e. The Balaban J connectivity index is 1.65. The SMILES string of the molecule is CC(C)[C@@H](NC(=O)COc1cccc(F)c1)c1nc(-c2ccncc2)no1. The standard InChI is InChI=1S/C19H19FN4O3/c1-12(2)17(19-23-18(24-27-19)13-6-8-21-9-7-13)22-16(25)11-26-15-5-3-4-14(20)10-15/h3-10,12,17H,11H2,1-2H3,(H,22,25)/t17-/m1/s1. The second kappa shape index (κ2) is 8.39. The van der Waals surface area contributed by atoms with Crippen molar-refractivity contribution in [3.63, 3.8) is 0 Å². The zero-order chi connectivity index (χ0) is 19.2. The summed E-state index contributed by atoms with van der Waals surface area (Å²) >= 11 is 0. The van der Waals surface area contributed by atoms with Crippen molar-refractivity contribution >= 4 is 5.91 Å². The lowest BCUT2D eigenvalue weighted by Crippen LogP contribution is -2.35. The molecule has 1 atom stereocenters. The van der Waals surface area contributed by atoms with Gasteiger partial charge in [0.1, 0.15) is 17.6 Å². The molecule has 0 aliphatic carbocycles. The summed E-state index contributed by atoms with van der Waals surface area (Å²) in [5.41, 5.74) is 0.767. The van der Waals surface area contributed by atoms with Gasteiger partial charge in [-0.05, 0) is 30.2 Å². The minimum Gasteiger partial charge on any atom is -0.484 e. The van der Waals surface area contributed by atoms with Crippen LogP contribution in [0.4, 0.5) is 4.39 Å². The molecule has 0 unspecified atom stereocenters. The zero-order valence-corrected chi connectivity index (χ0v) is 14.9. The Labute approximate surface area is 155 Å². The Hall–Kier alpha value is -3.29. The normalized spacial score (nSPS) is 12.0. The summed E-state index contributed by atoms with van der Waals surface area (Å²) in [5, 5.41) is 6.78. The first-order chi connectivity index (χ1) is 13.0. The predicted octanol–water partition coefficient (Wildman–Crippen LogP) is 3.16. The third kappa shape index (κ3) is 4.87. The van der Waals surface area contributed by atoms with Gasteiger partial charge in [-0.15, -0.1) is 0 Å². The van der Waals surface area contributed by atoms with Gasteiger partial charge in [-0.1, -0.05) is 25.1 Å². The average molecular weight is 370 g/mol. The molecule has 2 aromatic heterocycles. The smallest absolute Gasteiger partial charge is 0.258 e. The molecule has 1 N–H and O–H groups in total. The van der Waals surface area contributed by atoms with Crippen molar-refractivity contribution in [1.82, 2.24) is 20.4 Å². The average Bonchev–Trinajstić information content (AvgIpc) is 3.15. The molecule has 0 aliphatic heterocycles. The lowest BCUT2D eigenvalue weighted by molar-refractivity contribution is -0.124. The lowest BCUT2D eigenvalue weighted by atomic mass is 10.0. The summed E-state index contributed by atoms with van der Waals surface area (Å²) in [6.45, 7) is 3.60. The number of ether oxygens (including phenoxy) is 1. The number of carbonyl (C=O) groups excluding carboxylic acids is 1. The van der Waals surface area contributed by atoms with Gasteiger partial charge in [-0.3, -0.25) is 9.78 Å². The zero-order valence-electron chi connectivity index (χ0n) is 14.9. The van der Waals surface area contributed by atoms with Gasteiger partial charge in [-0.25, -0.2) is 4.39 Å². The lowest BCUT2D eigenvalue weighted by Gasteiger charge is -2.18. The van der Waals surface area contributed by atoms with Gasteiger partial charge >= 0.3 is 0 Å². The summed E-state index contributed by atoms with van der Waals surface area (Å²) < 4.78 is 23.8. The fourth-order valence-corrected chi connectivity index (χ4v) is 2.41. The highest BCUT2D eigenvalue weighted by Gasteiger charge is 2.25. The molecule has 1 amide bonds. The Morgan fingerprint density at radius 2 is 2.04 bits per heavy atom. The fraction of sp³-hybridized carbons (Fsp3) is 0.263. The number of amides is 1. The highest BCUT2D eigenvalue weighted by molar-refractivity contribution is 5.78. The summed E-state index contributed by atoms with van der Waals surface area (Å²) in [5.74, 6) is 0.209. The van der Waals surface area contributed by atoms with Crippen molar-refractivity contribution in [2.75, 3.05) is 6.61 Å². The molecule has 0 aliphatic rings. The van der Waals surface area contributed by atoms with Gasteiger partial charge < -0.3 is 14.6 Å². The number of carbonyl (C=O) groups is 1.